The first-order valence-corrected chi connectivity index (χ1v) is 7.84. The summed E-state index contributed by atoms with van der Waals surface area (Å²) < 4.78 is 13.6. The molecule has 0 N–H and O–H groups in total. The summed E-state index contributed by atoms with van der Waals surface area (Å²) in [4.78, 5) is 13.5. The van der Waals surface area contributed by atoms with Gasteiger partial charge in [0.25, 0.3) is 0 Å². The van der Waals surface area contributed by atoms with E-state index in [4.69, 9.17) is 9.47 Å². The van der Waals surface area contributed by atoms with Gasteiger partial charge in [0.2, 0.25) is 0 Å². The van der Waals surface area contributed by atoms with Crippen LogP contribution in [0.4, 0.5) is 4.79 Å². The average Bonchev–Trinajstić information content (AvgIpc) is 2.22. The Kier molecular flexibility index (Phi) is 4.94. The molecule has 2 fully saturated rings. The second kappa shape index (κ2) is 6.13. The number of carbonyl (C=O) groups excluding carboxylic acids is 1. The Labute approximate surface area is 129 Å². The zero-order valence-electron chi connectivity index (χ0n) is 11.9. The highest BCUT2D eigenvalue weighted by atomic mass is 127. The van der Waals surface area contributed by atoms with E-state index in [9.17, 15) is 4.79 Å². The lowest BCUT2D eigenvalue weighted by Crippen LogP contribution is -2.57. The molecule has 1 amide bonds. The SMILES string of the molecule is CC(C)(C)OC(=O)N1CC(OC2CCN(I)CC2)C1. The van der Waals surface area contributed by atoms with E-state index >= 15 is 0 Å². The monoisotopic (exact) mass is 382 g/mol. The minimum atomic E-state index is -0.420. The number of nitrogens with zero attached hydrogens (tertiary/aromatic N) is 2. The lowest BCUT2D eigenvalue weighted by atomic mass is 10.1. The van der Waals surface area contributed by atoms with Gasteiger partial charge >= 0.3 is 6.09 Å². The van der Waals surface area contributed by atoms with E-state index in [2.05, 4.69) is 26.0 Å². The van der Waals surface area contributed by atoms with E-state index in [-0.39, 0.29) is 12.2 Å². The number of likely N-dealkylation sites (tertiary alicyclic amines) is 1. The van der Waals surface area contributed by atoms with Crippen LogP contribution in [0.5, 0.6) is 0 Å². The Morgan fingerprint density at radius 1 is 1.16 bits per heavy atom. The molecule has 0 aromatic rings. The number of halogens is 1. The van der Waals surface area contributed by atoms with Gasteiger partial charge in [-0.3, -0.25) is 0 Å². The fourth-order valence-electron chi connectivity index (χ4n) is 2.23. The zero-order chi connectivity index (χ0) is 14.0. The summed E-state index contributed by atoms with van der Waals surface area (Å²) in [6.07, 6.45) is 2.50. The van der Waals surface area contributed by atoms with Crippen LogP contribution in [0, 0.1) is 0 Å². The van der Waals surface area contributed by atoms with Crippen molar-refractivity contribution in [1.29, 1.82) is 0 Å². The Morgan fingerprint density at radius 2 is 1.74 bits per heavy atom. The summed E-state index contributed by atoms with van der Waals surface area (Å²) in [5.74, 6) is 0. The molecule has 2 aliphatic rings. The zero-order valence-corrected chi connectivity index (χ0v) is 14.1. The quantitative estimate of drug-likeness (QED) is 0.544. The van der Waals surface area contributed by atoms with Crippen molar-refractivity contribution >= 4 is 29.0 Å². The van der Waals surface area contributed by atoms with Crippen LogP contribution < -0.4 is 0 Å². The molecule has 0 spiro atoms. The molecule has 0 bridgehead atoms. The van der Waals surface area contributed by atoms with Gasteiger partial charge in [-0.1, -0.05) is 0 Å². The molecule has 0 radical (unpaired) electrons. The summed E-state index contributed by atoms with van der Waals surface area (Å²) in [7, 11) is 0. The van der Waals surface area contributed by atoms with Gasteiger partial charge < -0.3 is 14.4 Å². The molecule has 2 saturated heterocycles. The van der Waals surface area contributed by atoms with Gasteiger partial charge in [0.15, 0.2) is 0 Å². The van der Waals surface area contributed by atoms with Crippen LogP contribution in [-0.2, 0) is 9.47 Å². The van der Waals surface area contributed by atoms with Crippen LogP contribution in [-0.4, -0.2) is 58.1 Å². The average molecular weight is 382 g/mol. The smallest absolute Gasteiger partial charge is 0.410 e. The number of ether oxygens (including phenoxy) is 2. The first-order chi connectivity index (χ1) is 8.83. The van der Waals surface area contributed by atoms with E-state index in [0.29, 0.717) is 19.2 Å². The lowest BCUT2D eigenvalue weighted by molar-refractivity contribution is -0.102. The van der Waals surface area contributed by atoms with Crippen molar-refractivity contribution in [2.45, 2.75) is 51.4 Å². The highest BCUT2D eigenvalue weighted by Gasteiger charge is 2.36. The molecule has 0 aromatic heterocycles. The van der Waals surface area contributed by atoms with Crippen molar-refractivity contribution < 1.29 is 14.3 Å². The number of piperidine rings is 1. The van der Waals surface area contributed by atoms with Crippen LogP contribution >= 0.6 is 22.9 Å². The molecular formula is C13H23IN2O3. The highest BCUT2D eigenvalue weighted by Crippen LogP contribution is 2.22. The second-order valence-electron chi connectivity index (χ2n) is 6.25. The van der Waals surface area contributed by atoms with Crippen molar-refractivity contribution in [3.63, 3.8) is 0 Å². The fraction of sp³-hybridized carbons (Fsp3) is 0.923. The third kappa shape index (κ3) is 4.75. The van der Waals surface area contributed by atoms with Crippen molar-refractivity contribution in [1.82, 2.24) is 8.01 Å². The van der Waals surface area contributed by atoms with Gasteiger partial charge in [-0.25, -0.2) is 7.91 Å². The van der Waals surface area contributed by atoms with Gasteiger partial charge in [0.05, 0.1) is 25.3 Å². The first-order valence-electron chi connectivity index (χ1n) is 6.87. The molecule has 2 rings (SSSR count). The maximum Gasteiger partial charge on any atom is 0.410 e. The Hall–Kier alpha value is -0.0800. The van der Waals surface area contributed by atoms with Gasteiger partial charge in [0, 0.05) is 36.0 Å². The van der Waals surface area contributed by atoms with E-state index in [1.54, 1.807) is 4.90 Å². The maximum absolute atomic E-state index is 11.8. The number of rotatable bonds is 2. The summed E-state index contributed by atoms with van der Waals surface area (Å²) in [5.41, 5.74) is -0.420. The molecule has 2 aliphatic heterocycles. The van der Waals surface area contributed by atoms with Crippen LogP contribution in [0.2, 0.25) is 0 Å². The largest absolute Gasteiger partial charge is 0.444 e. The third-order valence-electron chi connectivity index (χ3n) is 3.27. The Balaban J connectivity index is 1.65. The lowest BCUT2D eigenvalue weighted by Gasteiger charge is -2.42. The van der Waals surface area contributed by atoms with Crippen molar-refractivity contribution in [3.05, 3.63) is 0 Å². The third-order valence-corrected chi connectivity index (χ3v) is 4.24. The maximum atomic E-state index is 11.8. The molecule has 0 unspecified atom stereocenters. The summed E-state index contributed by atoms with van der Waals surface area (Å²) >= 11 is 2.36. The van der Waals surface area contributed by atoms with E-state index in [1.807, 2.05) is 20.8 Å². The minimum Gasteiger partial charge on any atom is -0.444 e. The Morgan fingerprint density at radius 3 is 2.26 bits per heavy atom. The molecular weight excluding hydrogens is 359 g/mol. The second-order valence-corrected chi connectivity index (χ2v) is 7.62. The molecule has 5 nitrogen and oxygen atoms in total. The first kappa shape index (κ1) is 15.3. The molecule has 6 heteroatoms. The van der Waals surface area contributed by atoms with Crippen molar-refractivity contribution in [2.75, 3.05) is 26.2 Å². The van der Waals surface area contributed by atoms with Crippen LogP contribution in [0.1, 0.15) is 33.6 Å². The molecule has 110 valence electrons. The van der Waals surface area contributed by atoms with Gasteiger partial charge in [-0.15, -0.1) is 0 Å². The predicted molar refractivity (Wildman–Crippen MR) is 81.3 cm³/mol. The summed E-state index contributed by atoms with van der Waals surface area (Å²) in [5, 5.41) is 0. The van der Waals surface area contributed by atoms with E-state index < -0.39 is 5.60 Å². The molecule has 0 saturated carbocycles. The standard InChI is InChI=1S/C13H23IN2O3/c1-13(2,3)19-12(17)15-8-11(9-15)18-10-4-6-16(14)7-5-10/h10-11H,4-9H2,1-3H3. The molecule has 2 heterocycles. The van der Waals surface area contributed by atoms with Crippen molar-refractivity contribution in [2.24, 2.45) is 0 Å². The number of amides is 1. The molecule has 0 aliphatic carbocycles. The highest BCUT2D eigenvalue weighted by molar-refractivity contribution is 14.1. The van der Waals surface area contributed by atoms with Gasteiger partial charge in [-0.2, -0.15) is 0 Å². The number of hydrogen-bond acceptors (Lipinski definition) is 4. The van der Waals surface area contributed by atoms with Gasteiger partial charge in [0.1, 0.15) is 5.60 Å². The summed E-state index contributed by atoms with van der Waals surface area (Å²) in [6.45, 7) is 9.17. The fourth-order valence-corrected chi connectivity index (χ4v) is 2.79. The topological polar surface area (TPSA) is 42.0 Å². The molecule has 19 heavy (non-hydrogen) atoms. The van der Waals surface area contributed by atoms with E-state index in [1.165, 1.54) is 0 Å². The van der Waals surface area contributed by atoms with Gasteiger partial charge in [-0.05, 0) is 33.6 Å². The number of hydrogen-bond donors (Lipinski definition) is 0. The predicted octanol–water partition coefficient (Wildman–Crippen LogP) is 2.44. The van der Waals surface area contributed by atoms with Crippen LogP contribution in [0.3, 0.4) is 0 Å². The van der Waals surface area contributed by atoms with Crippen molar-refractivity contribution in [3.8, 4) is 0 Å². The normalized spacial score (nSPS) is 23.3. The van der Waals surface area contributed by atoms with E-state index in [0.717, 1.165) is 25.9 Å². The molecule has 0 atom stereocenters. The molecule has 0 aromatic carbocycles. The summed E-state index contributed by atoms with van der Waals surface area (Å²) in [6, 6.07) is 0. The minimum absolute atomic E-state index is 0.193. The Bertz CT molecular complexity index is 318. The number of carbonyl (C=O) groups is 1. The van der Waals surface area contributed by atoms with Crippen LogP contribution in [0.15, 0.2) is 0 Å². The van der Waals surface area contributed by atoms with Crippen LogP contribution in [0.25, 0.3) is 0 Å².